The van der Waals surface area contributed by atoms with Crippen LogP contribution in [0.3, 0.4) is 0 Å². The fourth-order valence-corrected chi connectivity index (χ4v) is 0.916. The van der Waals surface area contributed by atoms with Crippen LogP contribution in [-0.4, -0.2) is 24.9 Å². The molecule has 0 amide bonds. The van der Waals surface area contributed by atoms with Crippen LogP contribution in [-0.2, 0) is 10.1 Å². The molecule has 5 heteroatoms. The number of rotatable bonds is 5. The van der Waals surface area contributed by atoms with Gasteiger partial charge in [0, 0.05) is 0 Å². The van der Waals surface area contributed by atoms with Gasteiger partial charge >= 0.3 is 0 Å². The first-order chi connectivity index (χ1) is 4.98. The van der Waals surface area contributed by atoms with E-state index in [4.69, 9.17) is 4.55 Å². The molecule has 1 atom stereocenters. The zero-order valence-corrected chi connectivity index (χ0v) is 7.69. The van der Waals surface area contributed by atoms with Crippen molar-refractivity contribution in [3.05, 3.63) is 0 Å². The van der Waals surface area contributed by atoms with E-state index in [1.165, 1.54) is 6.92 Å². The second kappa shape index (κ2) is 4.69. The first-order valence-corrected chi connectivity index (χ1v) is 5.18. The minimum Gasteiger partial charge on any atom is -0.299 e. The van der Waals surface area contributed by atoms with Gasteiger partial charge in [-0.25, -0.2) is 0 Å². The lowest BCUT2D eigenvalue weighted by atomic mass is 10.3. The minimum absolute atomic E-state index is 0.622. The smallest absolute Gasteiger partial charge is 0.280 e. The molecule has 0 aliphatic heterocycles. The number of hydrogen-bond acceptors (Lipinski definition) is 3. The molecule has 0 aromatic carbocycles. The Labute approximate surface area is 67.7 Å². The summed E-state index contributed by atoms with van der Waals surface area (Å²) in [7, 11) is -3.89. The maximum atomic E-state index is 10.4. The molecule has 0 aromatic heterocycles. The molecule has 11 heavy (non-hydrogen) atoms. The zero-order valence-electron chi connectivity index (χ0n) is 6.87. The fourth-order valence-electron chi connectivity index (χ4n) is 0.587. The highest BCUT2D eigenvalue weighted by Gasteiger charge is 2.14. The molecule has 0 aliphatic rings. The molecule has 68 valence electrons. The Hall–Kier alpha value is -0.130. The summed E-state index contributed by atoms with van der Waals surface area (Å²) in [4.78, 5) is 0. The van der Waals surface area contributed by atoms with Crippen molar-refractivity contribution in [2.75, 3.05) is 6.54 Å². The number of nitrogens with one attached hydrogen (secondary N) is 1. The van der Waals surface area contributed by atoms with Gasteiger partial charge in [-0.05, 0) is 19.9 Å². The Morgan fingerprint density at radius 3 is 2.45 bits per heavy atom. The third kappa shape index (κ3) is 5.17. The van der Waals surface area contributed by atoms with Crippen LogP contribution in [0, 0.1) is 0 Å². The van der Waals surface area contributed by atoms with Crippen LogP contribution < -0.4 is 5.32 Å². The van der Waals surface area contributed by atoms with E-state index in [9.17, 15) is 8.42 Å². The predicted molar refractivity (Wildman–Crippen MR) is 43.9 cm³/mol. The van der Waals surface area contributed by atoms with Crippen molar-refractivity contribution in [2.45, 2.75) is 32.1 Å². The highest BCUT2D eigenvalue weighted by Crippen LogP contribution is 1.93. The second-order valence-corrected chi connectivity index (χ2v) is 4.20. The fraction of sp³-hybridized carbons (Fsp3) is 1.00. The van der Waals surface area contributed by atoms with Crippen molar-refractivity contribution in [1.29, 1.82) is 0 Å². The van der Waals surface area contributed by atoms with Crippen molar-refractivity contribution < 1.29 is 13.0 Å². The van der Waals surface area contributed by atoms with Crippen LogP contribution in [0.4, 0.5) is 0 Å². The molecule has 0 aliphatic carbocycles. The van der Waals surface area contributed by atoms with Crippen molar-refractivity contribution in [3.8, 4) is 0 Å². The third-order valence-electron chi connectivity index (χ3n) is 1.41. The summed E-state index contributed by atoms with van der Waals surface area (Å²) in [5.74, 6) is 0. The normalized spacial score (nSPS) is 14.8. The molecule has 0 spiro atoms. The van der Waals surface area contributed by atoms with Gasteiger partial charge in [0.2, 0.25) is 0 Å². The molecular weight excluding hydrogens is 166 g/mol. The highest BCUT2D eigenvalue weighted by atomic mass is 32.2. The standard InChI is InChI=1S/C6H15NO3S/c1-3-4-5-7-6(2)11(8,9)10/h6-7H,3-5H2,1-2H3,(H,8,9,10). The average molecular weight is 181 g/mol. The van der Waals surface area contributed by atoms with E-state index < -0.39 is 15.5 Å². The van der Waals surface area contributed by atoms with Crippen LogP contribution >= 0.6 is 0 Å². The first kappa shape index (κ1) is 10.9. The average Bonchev–Trinajstić information content (AvgIpc) is 1.86. The lowest BCUT2D eigenvalue weighted by molar-refractivity contribution is 0.454. The Balaban J connectivity index is 3.62. The van der Waals surface area contributed by atoms with E-state index in [2.05, 4.69) is 5.32 Å². The Bertz CT molecular complexity index is 188. The molecule has 0 saturated carbocycles. The summed E-state index contributed by atoms with van der Waals surface area (Å²) in [5.41, 5.74) is 0. The molecule has 0 heterocycles. The van der Waals surface area contributed by atoms with Gasteiger partial charge in [-0.15, -0.1) is 0 Å². The van der Waals surface area contributed by atoms with E-state index in [0.717, 1.165) is 12.8 Å². The monoisotopic (exact) mass is 181 g/mol. The molecule has 1 unspecified atom stereocenters. The van der Waals surface area contributed by atoms with Gasteiger partial charge in [-0.2, -0.15) is 8.42 Å². The molecule has 0 radical (unpaired) electrons. The van der Waals surface area contributed by atoms with Crippen LogP contribution in [0.1, 0.15) is 26.7 Å². The molecule has 0 saturated heterocycles. The summed E-state index contributed by atoms with van der Waals surface area (Å²) in [6, 6.07) is 0. The summed E-state index contributed by atoms with van der Waals surface area (Å²) in [6.07, 6.45) is 1.92. The zero-order chi connectivity index (χ0) is 8.91. The topological polar surface area (TPSA) is 66.4 Å². The second-order valence-electron chi connectivity index (χ2n) is 2.46. The summed E-state index contributed by atoms with van der Waals surface area (Å²) >= 11 is 0. The summed E-state index contributed by atoms with van der Waals surface area (Å²) < 4.78 is 29.3. The van der Waals surface area contributed by atoms with Gasteiger partial charge in [0.1, 0.15) is 5.37 Å². The van der Waals surface area contributed by atoms with Gasteiger partial charge in [0.05, 0.1) is 0 Å². The van der Waals surface area contributed by atoms with Crippen LogP contribution in [0.5, 0.6) is 0 Å². The number of hydrogen-bond donors (Lipinski definition) is 2. The highest BCUT2D eigenvalue weighted by molar-refractivity contribution is 7.86. The molecule has 4 nitrogen and oxygen atoms in total. The Kier molecular flexibility index (Phi) is 4.63. The first-order valence-electron chi connectivity index (χ1n) is 3.68. The van der Waals surface area contributed by atoms with Crippen molar-refractivity contribution in [3.63, 3.8) is 0 Å². The van der Waals surface area contributed by atoms with Gasteiger partial charge in [0.25, 0.3) is 10.1 Å². The van der Waals surface area contributed by atoms with E-state index in [1.807, 2.05) is 6.92 Å². The van der Waals surface area contributed by atoms with Crippen LogP contribution in [0.25, 0.3) is 0 Å². The van der Waals surface area contributed by atoms with Crippen LogP contribution in [0.15, 0.2) is 0 Å². The van der Waals surface area contributed by atoms with E-state index in [-0.39, 0.29) is 0 Å². The number of unbranched alkanes of at least 4 members (excludes halogenated alkanes) is 1. The lowest BCUT2D eigenvalue weighted by Gasteiger charge is -2.08. The Morgan fingerprint density at radius 2 is 2.09 bits per heavy atom. The van der Waals surface area contributed by atoms with Gasteiger partial charge in [-0.3, -0.25) is 9.87 Å². The molecule has 0 aromatic rings. The lowest BCUT2D eigenvalue weighted by Crippen LogP contribution is -2.34. The molecular formula is C6H15NO3S. The van der Waals surface area contributed by atoms with E-state index >= 15 is 0 Å². The van der Waals surface area contributed by atoms with Gasteiger partial charge in [0.15, 0.2) is 0 Å². The summed E-state index contributed by atoms with van der Waals surface area (Å²) in [6.45, 7) is 4.06. The molecule has 0 rings (SSSR count). The predicted octanol–water partition coefficient (Wildman–Crippen LogP) is 0.610. The summed E-state index contributed by atoms with van der Waals surface area (Å²) in [5, 5.41) is 1.83. The quantitative estimate of drug-likeness (QED) is 0.481. The maximum Gasteiger partial charge on any atom is 0.280 e. The largest absolute Gasteiger partial charge is 0.299 e. The third-order valence-corrected chi connectivity index (χ3v) is 2.47. The SMILES string of the molecule is CCCCNC(C)S(=O)(=O)O. The minimum atomic E-state index is -3.89. The molecule has 0 fully saturated rings. The van der Waals surface area contributed by atoms with Crippen molar-refractivity contribution >= 4 is 10.1 Å². The van der Waals surface area contributed by atoms with Crippen molar-refractivity contribution in [1.82, 2.24) is 5.32 Å². The van der Waals surface area contributed by atoms with Crippen molar-refractivity contribution in [2.24, 2.45) is 0 Å². The maximum absolute atomic E-state index is 10.4. The molecule has 2 N–H and O–H groups in total. The van der Waals surface area contributed by atoms with Crippen LogP contribution in [0.2, 0.25) is 0 Å². The van der Waals surface area contributed by atoms with E-state index in [0.29, 0.717) is 6.54 Å². The Morgan fingerprint density at radius 1 is 1.55 bits per heavy atom. The van der Waals surface area contributed by atoms with Gasteiger partial charge < -0.3 is 0 Å². The van der Waals surface area contributed by atoms with E-state index in [1.54, 1.807) is 0 Å². The van der Waals surface area contributed by atoms with Gasteiger partial charge in [-0.1, -0.05) is 13.3 Å². The molecule has 0 bridgehead atoms.